The Morgan fingerprint density at radius 1 is 0.926 bits per heavy atom. The first-order valence-corrected chi connectivity index (χ1v) is 8.01. The van der Waals surface area contributed by atoms with Gasteiger partial charge in [0.2, 0.25) is 17.8 Å². The van der Waals surface area contributed by atoms with Crippen LogP contribution in [0.25, 0.3) is 0 Å². The van der Waals surface area contributed by atoms with Crippen molar-refractivity contribution in [1.82, 2.24) is 15.0 Å². The van der Waals surface area contributed by atoms with E-state index in [0.717, 1.165) is 0 Å². The van der Waals surface area contributed by atoms with Crippen molar-refractivity contribution in [2.45, 2.75) is 0 Å². The van der Waals surface area contributed by atoms with E-state index in [4.69, 9.17) is 0 Å². The Balaban J connectivity index is 1.80. The Bertz CT molecular complexity index is 943. The molecule has 0 unspecified atom stereocenters. The fourth-order valence-corrected chi connectivity index (χ4v) is 2.07. The highest BCUT2D eigenvalue weighted by molar-refractivity contribution is 5.80. The van der Waals surface area contributed by atoms with Crippen LogP contribution in [0.3, 0.4) is 0 Å². The maximum Gasteiger partial charge on any atom is 0.250 e. The number of anilines is 4. The SMILES string of the molecule is CN(C)c1nc(N/N=C/c2ccccc2F)nc(Nc2ccc(F)cc2)n1. The lowest BCUT2D eigenvalue weighted by Gasteiger charge is -2.13. The molecule has 0 aliphatic rings. The molecule has 3 aromatic rings. The van der Waals surface area contributed by atoms with Gasteiger partial charge in [0.1, 0.15) is 11.6 Å². The van der Waals surface area contributed by atoms with Gasteiger partial charge in [0.25, 0.3) is 0 Å². The van der Waals surface area contributed by atoms with E-state index in [1.807, 2.05) is 0 Å². The molecule has 138 valence electrons. The fraction of sp³-hybridized carbons (Fsp3) is 0.111. The summed E-state index contributed by atoms with van der Waals surface area (Å²) in [5.41, 5.74) is 3.61. The minimum absolute atomic E-state index is 0.172. The smallest absolute Gasteiger partial charge is 0.250 e. The zero-order chi connectivity index (χ0) is 19.2. The number of nitrogens with one attached hydrogen (secondary N) is 2. The topological polar surface area (TPSA) is 78.3 Å². The summed E-state index contributed by atoms with van der Waals surface area (Å²) in [6.07, 6.45) is 1.33. The Labute approximate surface area is 154 Å². The molecule has 0 aliphatic carbocycles. The lowest BCUT2D eigenvalue weighted by Crippen LogP contribution is -2.15. The first kappa shape index (κ1) is 18.2. The molecule has 0 bridgehead atoms. The van der Waals surface area contributed by atoms with Gasteiger partial charge in [-0.2, -0.15) is 20.1 Å². The Morgan fingerprint density at radius 3 is 2.33 bits per heavy atom. The van der Waals surface area contributed by atoms with E-state index >= 15 is 0 Å². The third kappa shape index (κ3) is 4.94. The van der Waals surface area contributed by atoms with Crippen LogP contribution in [0.15, 0.2) is 53.6 Å². The van der Waals surface area contributed by atoms with Gasteiger partial charge in [0.05, 0.1) is 6.21 Å². The standard InChI is InChI=1S/C18H17F2N7/c1-27(2)18-24-16(22-14-9-7-13(19)8-10-14)23-17(25-18)26-21-11-12-5-3-4-6-15(12)20/h3-11H,1-2H3,(H2,22,23,24,25,26)/b21-11+. The number of aromatic nitrogens is 3. The summed E-state index contributed by atoms with van der Waals surface area (Å²) in [5, 5.41) is 6.95. The molecule has 2 aromatic carbocycles. The number of hydrazone groups is 1. The molecule has 0 radical (unpaired) electrons. The zero-order valence-corrected chi connectivity index (χ0v) is 14.7. The quantitative estimate of drug-likeness (QED) is 0.512. The van der Waals surface area contributed by atoms with Gasteiger partial charge < -0.3 is 10.2 Å². The number of halogens is 2. The van der Waals surface area contributed by atoms with Crippen LogP contribution in [0.2, 0.25) is 0 Å². The van der Waals surface area contributed by atoms with Crippen molar-refractivity contribution < 1.29 is 8.78 Å². The van der Waals surface area contributed by atoms with Gasteiger partial charge >= 0.3 is 0 Å². The Kier molecular flexibility index (Phi) is 5.50. The van der Waals surface area contributed by atoms with Crippen molar-refractivity contribution in [3.8, 4) is 0 Å². The summed E-state index contributed by atoms with van der Waals surface area (Å²) in [6.45, 7) is 0. The van der Waals surface area contributed by atoms with Crippen LogP contribution in [0.1, 0.15) is 5.56 Å². The molecule has 0 amide bonds. The van der Waals surface area contributed by atoms with Crippen LogP contribution in [-0.4, -0.2) is 35.3 Å². The van der Waals surface area contributed by atoms with Crippen molar-refractivity contribution in [1.29, 1.82) is 0 Å². The molecule has 0 atom stereocenters. The van der Waals surface area contributed by atoms with Crippen LogP contribution in [0, 0.1) is 11.6 Å². The number of rotatable bonds is 6. The van der Waals surface area contributed by atoms with Gasteiger partial charge in [-0.05, 0) is 30.3 Å². The van der Waals surface area contributed by atoms with Gasteiger partial charge in [-0.15, -0.1) is 0 Å². The van der Waals surface area contributed by atoms with E-state index in [9.17, 15) is 8.78 Å². The van der Waals surface area contributed by atoms with Crippen LogP contribution in [0.4, 0.5) is 32.3 Å². The number of nitrogens with zero attached hydrogens (tertiary/aromatic N) is 5. The van der Waals surface area contributed by atoms with Crippen LogP contribution in [0.5, 0.6) is 0 Å². The van der Waals surface area contributed by atoms with Gasteiger partial charge in [0, 0.05) is 25.3 Å². The molecule has 0 saturated heterocycles. The highest BCUT2D eigenvalue weighted by Crippen LogP contribution is 2.17. The summed E-state index contributed by atoms with van der Waals surface area (Å²) in [4.78, 5) is 14.4. The molecule has 9 heteroatoms. The average molecular weight is 369 g/mol. The van der Waals surface area contributed by atoms with Crippen molar-refractivity contribution in [2.75, 3.05) is 29.7 Å². The molecule has 0 spiro atoms. The summed E-state index contributed by atoms with van der Waals surface area (Å²) in [5.74, 6) is 0.0920. The molecular weight excluding hydrogens is 352 g/mol. The number of hydrogen-bond donors (Lipinski definition) is 2. The molecule has 7 nitrogen and oxygen atoms in total. The lowest BCUT2D eigenvalue weighted by molar-refractivity contribution is 0.626. The van der Waals surface area contributed by atoms with E-state index in [-0.39, 0.29) is 23.5 Å². The first-order valence-electron chi connectivity index (χ1n) is 8.01. The normalized spacial score (nSPS) is 10.8. The molecule has 0 saturated carbocycles. The molecule has 1 heterocycles. The summed E-state index contributed by atoms with van der Waals surface area (Å²) < 4.78 is 26.7. The van der Waals surface area contributed by atoms with E-state index in [1.165, 1.54) is 24.4 Å². The monoisotopic (exact) mass is 369 g/mol. The molecule has 1 aromatic heterocycles. The minimum atomic E-state index is -0.383. The molecule has 27 heavy (non-hydrogen) atoms. The molecule has 0 fully saturated rings. The molecule has 2 N–H and O–H groups in total. The third-order valence-corrected chi connectivity index (χ3v) is 3.40. The molecule has 3 rings (SSSR count). The van der Waals surface area contributed by atoms with Crippen molar-refractivity contribution in [3.05, 3.63) is 65.7 Å². The summed E-state index contributed by atoms with van der Waals surface area (Å²) in [7, 11) is 3.56. The maximum atomic E-state index is 13.6. The fourth-order valence-electron chi connectivity index (χ4n) is 2.07. The zero-order valence-electron chi connectivity index (χ0n) is 14.7. The second kappa shape index (κ2) is 8.17. The summed E-state index contributed by atoms with van der Waals surface area (Å²) in [6, 6.07) is 12.0. The van der Waals surface area contributed by atoms with E-state index in [0.29, 0.717) is 17.2 Å². The number of benzene rings is 2. The van der Waals surface area contributed by atoms with Crippen molar-refractivity contribution >= 4 is 29.7 Å². The first-order chi connectivity index (χ1) is 13.0. The highest BCUT2D eigenvalue weighted by atomic mass is 19.1. The maximum absolute atomic E-state index is 13.6. The summed E-state index contributed by atoms with van der Waals surface area (Å²) >= 11 is 0. The van der Waals surface area contributed by atoms with Crippen molar-refractivity contribution in [2.24, 2.45) is 5.10 Å². The van der Waals surface area contributed by atoms with Gasteiger partial charge in [-0.3, -0.25) is 0 Å². The largest absolute Gasteiger partial charge is 0.347 e. The molecule has 0 aliphatic heterocycles. The van der Waals surface area contributed by atoms with E-state index < -0.39 is 0 Å². The minimum Gasteiger partial charge on any atom is -0.347 e. The van der Waals surface area contributed by atoms with E-state index in [2.05, 4.69) is 30.8 Å². The lowest BCUT2D eigenvalue weighted by atomic mass is 10.2. The van der Waals surface area contributed by atoms with Gasteiger partial charge in [-0.25, -0.2) is 14.2 Å². The molecular formula is C18H17F2N7. The van der Waals surface area contributed by atoms with E-state index in [1.54, 1.807) is 49.3 Å². The third-order valence-electron chi connectivity index (χ3n) is 3.40. The van der Waals surface area contributed by atoms with Crippen LogP contribution < -0.4 is 15.6 Å². The highest BCUT2D eigenvalue weighted by Gasteiger charge is 2.08. The second-order valence-corrected chi connectivity index (χ2v) is 5.70. The second-order valence-electron chi connectivity index (χ2n) is 5.70. The predicted molar refractivity (Wildman–Crippen MR) is 101 cm³/mol. The van der Waals surface area contributed by atoms with Crippen LogP contribution in [-0.2, 0) is 0 Å². The number of hydrogen-bond acceptors (Lipinski definition) is 7. The van der Waals surface area contributed by atoms with Gasteiger partial charge in [0.15, 0.2) is 0 Å². The van der Waals surface area contributed by atoms with Gasteiger partial charge in [-0.1, -0.05) is 18.2 Å². The predicted octanol–water partition coefficient (Wildman–Crippen LogP) is 3.41. The Morgan fingerprint density at radius 2 is 1.63 bits per heavy atom. The average Bonchev–Trinajstić information content (AvgIpc) is 2.65. The Hall–Kier alpha value is -3.62. The van der Waals surface area contributed by atoms with Crippen molar-refractivity contribution in [3.63, 3.8) is 0 Å². The van der Waals surface area contributed by atoms with Crippen LogP contribution >= 0.6 is 0 Å².